The fourth-order valence-corrected chi connectivity index (χ4v) is 2.66. The highest BCUT2D eigenvalue weighted by Crippen LogP contribution is 2.18. The van der Waals surface area contributed by atoms with Crippen LogP contribution in [0.2, 0.25) is 0 Å². The minimum atomic E-state index is -0.368. The van der Waals surface area contributed by atoms with Crippen LogP contribution < -0.4 is 5.32 Å². The van der Waals surface area contributed by atoms with Crippen LogP contribution in [0.25, 0.3) is 22.3 Å². The summed E-state index contributed by atoms with van der Waals surface area (Å²) in [5, 5.41) is 7.31. The van der Waals surface area contributed by atoms with Crippen LogP contribution in [0, 0.1) is 12.7 Å². The highest BCUT2D eigenvalue weighted by Gasteiger charge is 2.14. The van der Waals surface area contributed by atoms with Gasteiger partial charge < -0.3 is 9.84 Å². The molecule has 0 fully saturated rings. The first-order valence-corrected chi connectivity index (χ1v) is 8.18. The van der Waals surface area contributed by atoms with Gasteiger partial charge in [0.15, 0.2) is 0 Å². The molecule has 0 aliphatic heterocycles. The lowest BCUT2D eigenvalue weighted by Gasteiger charge is -2.07. The lowest BCUT2D eigenvalue weighted by Crippen LogP contribution is -2.24. The van der Waals surface area contributed by atoms with Crippen LogP contribution in [-0.2, 0) is 6.54 Å². The molecule has 27 heavy (non-hydrogen) atoms. The van der Waals surface area contributed by atoms with Crippen molar-refractivity contribution in [2.24, 2.45) is 0 Å². The Bertz CT molecular complexity index is 1130. The van der Waals surface area contributed by atoms with Gasteiger partial charge in [-0.2, -0.15) is 4.98 Å². The Morgan fingerprint density at radius 3 is 2.78 bits per heavy atom. The van der Waals surface area contributed by atoms with Gasteiger partial charge in [0, 0.05) is 29.4 Å². The highest BCUT2D eigenvalue weighted by atomic mass is 19.1. The second-order valence-corrected chi connectivity index (χ2v) is 5.89. The van der Waals surface area contributed by atoms with Gasteiger partial charge >= 0.3 is 0 Å². The monoisotopic (exact) mass is 363 g/mol. The summed E-state index contributed by atoms with van der Waals surface area (Å²) in [7, 11) is 0. The number of aryl methyl sites for hydroxylation is 1. The molecule has 0 atom stereocenters. The Morgan fingerprint density at radius 2 is 1.96 bits per heavy atom. The molecule has 0 aliphatic rings. The first-order chi connectivity index (χ1) is 13.1. The van der Waals surface area contributed by atoms with Crippen LogP contribution in [0.15, 0.2) is 53.3 Å². The quantitative estimate of drug-likeness (QED) is 0.599. The largest absolute Gasteiger partial charge is 0.343 e. The zero-order valence-electron chi connectivity index (χ0n) is 14.3. The van der Waals surface area contributed by atoms with Crippen molar-refractivity contribution in [3.8, 4) is 11.4 Å². The number of pyridine rings is 2. The Labute approximate surface area is 153 Å². The maximum Gasteiger partial charge on any atom is 0.253 e. The molecule has 134 valence electrons. The Hall–Kier alpha value is -3.68. The average Bonchev–Trinajstić information content (AvgIpc) is 3.15. The molecule has 0 unspecified atom stereocenters. The normalized spacial score (nSPS) is 10.9. The molecule has 8 heteroatoms. The lowest BCUT2D eigenvalue weighted by molar-refractivity contribution is 0.0945. The number of benzene rings is 1. The van der Waals surface area contributed by atoms with Crippen LogP contribution in [0.1, 0.15) is 21.9 Å². The Kier molecular flexibility index (Phi) is 4.29. The minimum Gasteiger partial charge on any atom is -0.343 e. The van der Waals surface area contributed by atoms with Crippen LogP contribution in [-0.4, -0.2) is 26.0 Å². The number of hydrogen-bond donors (Lipinski definition) is 1. The van der Waals surface area contributed by atoms with Gasteiger partial charge in [-0.05, 0) is 37.3 Å². The summed E-state index contributed by atoms with van der Waals surface area (Å²) in [6.45, 7) is 1.78. The lowest BCUT2D eigenvalue weighted by atomic mass is 10.1. The van der Waals surface area contributed by atoms with Gasteiger partial charge in [0.2, 0.25) is 11.7 Å². The molecule has 1 N–H and O–H groups in total. The van der Waals surface area contributed by atoms with Crippen molar-refractivity contribution in [1.29, 1.82) is 0 Å². The second-order valence-electron chi connectivity index (χ2n) is 5.89. The van der Waals surface area contributed by atoms with E-state index in [2.05, 4.69) is 25.4 Å². The molecule has 0 radical (unpaired) electrons. The van der Waals surface area contributed by atoms with Crippen LogP contribution >= 0.6 is 0 Å². The van der Waals surface area contributed by atoms with Gasteiger partial charge in [0.05, 0.1) is 23.3 Å². The van der Waals surface area contributed by atoms with E-state index in [9.17, 15) is 9.18 Å². The van der Waals surface area contributed by atoms with Crippen molar-refractivity contribution in [3.05, 3.63) is 71.8 Å². The molecule has 0 saturated heterocycles. The zero-order chi connectivity index (χ0) is 18.8. The fourth-order valence-electron chi connectivity index (χ4n) is 2.66. The molecule has 3 aromatic heterocycles. The molecule has 0 saturated carbocycles. The maximum atomic E-state index is 13.3. The number of carbonyl (C=O) groups is 1. The Morgan fingerprint density at radius 1 is 1.15 bits per heavy atom. The molecule has 0 spiro atoms. The molecule has 1 aromatic carbocycles. The molecule has 4 rings (SSSR count). The number of aromatic nitrogens is 4. The molecule has 7 nitrogen and oxygen atoms in total. The third kappa shape index (κ3) is 3.50. The summed E-state index contributed by atoms with van der Waals surface area (Å²) in [6, 6.07) is 9.47. The van der Waals surface area contributed by atoms with Gasteiger partial charge in [0.25, 0.3) is 5.91 Å². The molecule has 0 bridgehead atoms. The van der Waals surface area contributed by atoms with Crippen molar-refractivity contribution in [2.75, 3.05) is 0 Å². The van der Waals surface area contributed by atoms with E-state index in [0.29, 0.717) is 28.0 Å². The summed E-state index contributed by atoms with van der Waals surface area (Å²) in [6.07, 6.45) is 3.27. The molecule has 4 aromatic rings. The van der Waals surface area contributed by atoms with E-state index in [1.807, 2.05) is 0 Å². The average molecular weight is 363 g/mol. The van der Waals surface area contributed by atoms with Gasteiger partial charge in [-0.1, -0.05) is 5.16 Å². The van der Waals surface area contributed by atoms with Crippen LogP contribution in [0.4, 0.5) is 4.39 Å². The number of hydrogen-bond acceptors (Lipinski definition) is 6. The SMILES string of the molecule is Cc1nc2cc(F)ccc2cc1C(=O)NCc1nc(-c2ccncc2)no1. The molecular weight excluding hydrogens is 349 g/mol. The smallest absolute Gasteiger partial charge is 0.253 e. The summed E-state index contributed by atoms with van der Waals surface area (Å²) in [5.41, 5.74) is 2.19. The van der Waals surface area contributed by atoms with E-state index >= 15 is 0 Å². The first kappa shape index (κ1) is 16.8. The van der Waals surface area contributed by atoms with Crippen molar-refractivity contribution in [2.45, 2.75) is 13.5 Å². The third-order valence-electron chi connectivity index (χ3n) is 4.02. The van der Waals surface area contributed by atoms with Gasteiger partial charge in [0.1, 0.15) is 5.82 Å². The van der Waals surface area contributed by atoms with E-state index in [4.69, 9.17) is 4.52 Å². The number of fused-ring (bicyclic) bond motifs is 1. The number of nitrogens with zero attached hydrogens (tertiary/aromatic N) is 4. The van der Waals surface area contributed by atoms with Crippen molar-refractivity contribution in [1.82, 2.24) is 25.4 Å². The minimum absolute atomic E-state index is 0.0812. The van der Waals surface area contributed by atoms with Gasteiger partial charge in [-0.15, -0.1) is 0 Å². The zero-order valence-corrected chi connectivity index (χ0v) is 14.3. The maximum absolute atomic E-state index is 13.3. The second kappa shape index (κ2) is 6.91. The van der Waals surface area contributed by atoms with Gasteiger partial charge in [-0.3, -0.25) is 14.8 Å². The molecular formula is C19H14FN5O2. The number of amides is 1. The standard InChI is InChI=1S/C19H14FN5O2/c1-11-15(8-13-2-3-14(20)9-16(13)23-11)19(26)22-10-17-24-18(25-27-17)12-4-6-21-7-5-12/h2-9H,10H2,1H3,(H,22,26). The summed E-state index contributed by atoms with van der Waals surface area (Å²) in [4.78, 5) is 25.0. The van der Waals surface area contributed by atoms with Gasteiger partial charge in [-0.25, -0.2) is 4.39 Å². The summed E-state index contributed by atoms with van der Waals surface area (Å²) < 4.78 is 18.5. The van der Waals surface area contributed by atoms with Crippen molar-refractivity contribution >= 4 is 16.8 Å². The van der Waals surface area contributed by atoms with E-state index in [0.717, 1.165) is 5.56 Å². The number of nitrogens with one attached hydrogen (secondary N) is 1. The summed E-state index contributed by atoms with van der Waals surface area (Å²) in [5.74, 6) is 0.0127. The van der Waals surface area contributed by atoms with E-state index in [1.165, 1.54) is 12.1 Å². The molecule has 1 amide bonds. The Balaban J connectivity index is 1.50. The molecule has 3 heterocycles. The number of rotatable bonds is 4. The van der Waals surface area contributed by atoms with E-state index in [-0.39, 0.29) is 24.2 Å². The van der Waals surface area contributed by atoms with Crippen LogP contribution in [0.5, 0.6) is 0 Å². The first-order valence-electron chi connectivity index (χ1n) is 8.18. The predicted octanol–water partition coefficient (Wildman–Crippen LogP) is 3.06. The number of halogens is 1. The van der Waals surface area contributed by atoms with Crippen molar-refractivity contribution in [3.63, 3.8) is 0 Å². The summed E-state index contributed by atoms with van der Waals surface area (Å²) >= 11 is 0. The van der Waals surface area contributed by atoms with Crippen molar-refractivity contribution < 1.29 is 13.7 Å². The predicted molar refractivity (Wildman–Crippen MR) is 95.1 cm³/mol. The fraction of sp³-hybridized carbons (Fsp3) is 0.105. The van der Waals surface area contributed by atoms with E-state index in [1.54, 1.807) is 43.6 Å². The van der Waals surface area contributed by atoms with E-state index < -0.39 is 0 Å². The van der Waals surface area contributed by atoms with Crippen LogP contribution in [0.3, 0.4) is 0 Å². The highest BCUT2D eigenvalue weighted by molar-refractivity contribution is 5.98. The number of carbonyl (C=O) groups excluding carboxylic acids is 1. The third-order valence-corrected chi connectivity index (χ3v) is 4.02. The topological polar surface area (TPSA) is 93.8 Å². The molecule has 0 aliphatic carbocycles.